The number of rotatable bonds is 7. The second-order valence-electron chi connectivity index (χ2n) is 5.47. The molecule has 106 valence electrons. The van der Waals surface area contributed by atoms with Crippen LogP contribution in [0.5, 0.6) is 0 Å². The summed E-state index contributed by atoms with van der Waals surface area (Å²) in [6.07, 6.45) is 3.67. The molecule has 0 saturated carbocycles. The number of benzene rings is 1. The SMILES string of the molecule is CCC1OCCC1CNCC(N)Cc1ccccc1. The van der Waals surface area contributed by atoms with Gasteiger partial charge in [-0.3, -0.25) is 0 Å². The molecule has 0 spiro atoms. The van der Waals surface area contributed by atoms with Gasteiger partial charge < -0.3 is 15.8 Å². The lowest BCUT2D eigenvalue weighted by molar-refractivity contribution is 0.0872. The van der Waals surface area contributed by atoms with E-state index in [1.165, 1.54) is 12.0 Å². The van der Waals surface area contributed by atoms with Crippen LogP contribution in [0.15, 0.2) is 30.3 Å². The van der Waals surface area contributed by atoms with Gasteiger partial charge in [-0.2, -0.15) is 0 Å². The second kappa shape index (κ2) is 7.63. The maximum absolute atomic E-state index is 6.16. The Hall–Kier alpha value is -0.900. The van der Waals surface area contributed by atoms with Gasteiger partial charge in [0.1, 0.15) is 0 Å². The highest BCUT2D eigenvalue weighted by Crippen LogP contribution is 2.22. The Morgan fingerprint density at radius 1 is 1.37 bits per heavy atom. The minimum Gasteiger partial charge on any atom is -0.378 e. The van der Waals surface area contributed by atoms with E-state index in [2.05, 4.69) is 36.5 Å². The fourth-order valence-electron chi connectivity index (χ4n) is 2.82. The van der Waals surface area contributed by atoms with Crippen molar-refractivity contribution in [2.75, 3.05) is 19.7 Å². The quantitative estimate of drug-likeness (QED) is 0.789. The normalized spacial score (nSPS) is 24.5. The van der Waals surface area contributed by atoms with Crippen molar-refractivity contribution in [3.05, 3.63) is 35.9 Å². The Kier molecular flexibility index (Phi) is 5.83. The van der Waals surface area contributed by atoms with E-state index in [9.17, 15) is 0 Å². The van der Waals surface area contributed by atoms with E-state index in [0.717, 1.165) is 32.5 Å². The first-order valence-electron chi connectivity index (χ1n) is 7.41. The highest BCUT2D eigenvalue weighted by atomic mass is 16.5. The third-order valence-electron chi connectivity index (χ3n) is 3.90. The molecule has 3 heteroatoms. The van der Waals surface area contributed by atoms with Gasteiger partial charge >= 0.3 is 0 Å². The molecule has 1 saturated heterocycles. The predicted octanol–water partition coefficient (Wildman–Crippen LogP) is 1.96. The third kappa shape index (κ3) is 4.60. The molecule has 1 aliphatic heterocycles. The Morgan fingerprint density at radius 3 is 2.89 bits per heavy atom. The van der Waals surface area contributed by atoms with Crippen molar-refractivity contribution in [1.29, 1.82) is 0 Å². The van der Waals surface area contributed by atoms with Crippen molar-refractivity contribution < 1.29 is 4.74 Å². The molecule has 3 N–H and O–H groups in total. The van der Waals surface area contributed by atoms with Gasteiger partial charge in [-0.15, -0.1) is 0 Å². The number of hydrogen-bond acceptors (Lipinski definition) is 3. The average molecular weight is 262 g/mol. The average Bonchev–Trinajstić information content (AvgIpc) is 2.87. The van der Waals surface area contributed by atoms with E-state index in [-0.39, 0.29) is 6.04 Å². The zero-order chi connectivity index (χ0) is 13.5. The minimum absolute atomic E-state index is 0.185. The molecule has 1 heterocycles. The van der Waals surface area contributed by atoms with Crippen molar-refractivity contribution in [1.82, 2.24) is 5.32 Å². The number of nitrogens with two attached hydrogens (primary N) is 1. The Morgan fingerprint density at radius 2 is 2.16 bits per heavy atom. The largest absolute Gasteiger partial charge is 0.378 e. The van der Waals surface area contributed by atoms with E-state index in [0.29, 0.717) is 12.0 Å². The maximum Gasteiger partial charge on any atom is 0.0613 e. The smallest absolute Gasteiger partial charge is 0.0613 e. The van der Waals surface area contributed by atoms with Gasteiger partial charge in [0.05, 0.1) is 6.10 Å². The first-order chi connectivity index (χ1) is 9.29. The van der Waals surface area contributed by atoms with Crippen molar-refractivity contribution in [3.8, 4) is 0 Å². The van der Waals surface area contributed by atoms with Crippen LogP contribution in [0.4, 0.5) is 0 Å². The molecule has 1 aromatic rings. The van der Waals surface area contributed by atoms with Crippen LogP contribution in [-0.4, -0.2) is 31.8 Å². The molecule has 1 fully saturated rings. The molecule has 0 radical (unpaired) electrons. The van der Waals surface area contributed by atoms with Gasteiger partial charge in [0.25, 0.3) is 0 Å². The molecule has 3 unspecified atom stereocenters. The molecule has 0 aromatic heterocycles. The molecular weight excluding hydrogens is 236 g/mol. The van der Waals surface area contributed by atoms with Crippen LogP contribution in [0.1, 0.15) is 25.3 Å². The molecule has 3 nitrogen and oxygen atoms in total. The van der Waals surface area contributed by atoms with E-state index in [1.54, 1.807) is 0 Å². The summed E-state index contributed by atoms with van der Waals surface area (Å²) in [7, 11) is 0. The number of ether oxygens (including phenoxy) is 1. The van der Waals surface area contributed by atoms with E-state index in [4.69, 9.17) is 10.5 Å². The van der Waals surface area contributed by atoms with Gasteiger partial charge in [0.2, 0.25) is 0 Å². The van der Waals surface area contributed by atoms with Crippen LogP contribution in [0.25, 0.3) is 0 Å². The lowest BCUT2D eigenvalue weighted by Gasteiger charge is -2.19. The fourth-order valence-corrected chi connectivity index (χ4v) is 2.82. The van der Waals surface area contributed by atoms with Gasteiger partial charge in [-0.05, 0) is 30.7 Å². The Labute approximate surface area is 116 Å². The highest BCUT2D eigenvalue weighted by molar-refractivity contribution is 5.15. The lowest BCUT2D eigenvalue weighted by Crippen LogP contribution is -2.38. The fraction of sp³-hybridized carbons (Fsp3) is 0.625. The van der Waals surface area contributed by atoms with Crippen molar-refractivity contribution >= 4 is 0 Å². The summed E-state index contributed by atoms with van der Waals surface area (Å²) in [4.78, 5) is 0. The summed E-state index contributed by atoms with van der Waals surface area (Å²) in [5.41, 5.74) is 7.48. The van der Waals surface area contributed by atoms with Crippen molar-refractivity contribution in [2.45, 2.75) is 38.3 Å². The summed E-state index contributed by atoms with van der Waals surface area (Å²) in [5, 5.41) is 3.51. The zero-order valence-corrected chi connectivity index (χ0v) is 11.8. The van der Waals surface area contributed by atoms with Crippen LogP contribution in [0.3, 0.4) is 0 Å². The van der Waals surface area contributed by atoms with Crippen LogP contribution in [-0.2, 0) is 11.2 Å². The number of nitrogens with one attached hydrogen (secondary N) is 1. The molecule has 0 bridgehead atoms. The molecule has 3 atom stereocenters. The van der Waals surface area contributed by atoms with E-state index in [1.807, 2.05) is 6.07 Å². The molecule has 19 heavy (non-hydrogen) atoms. The maximum atomic E-state index is 6.16. The first-order valence-corrected chi connectivity index (χ1v) is 7.41. The Balaban J connectivity index is 1.65. The predicted molar refractivity (Wildman–Crippen MR) is 79.1 cm³/mol. The van der Waals surface area contributed by atoms with Crippen molar-refractivity contribution in [2.24, 2.45) is 11.7 Å². The van der Waals surface area contributed by atoms with Gasteiger partial charge in [0, 0.05) is 25.7 Å². The van der Waals surface area contributed by atoms with Gasteiger partial charge in [-0.1, -0.05) is 37.3 Å². The molecule has 0 aliphatic carbocycles. The lowest BCUT2D eigenvalue weighted by atomic mass is 9.99. The van der Waals surface area contributed by atoms with Crippen molar-refractivity contribution in [3.63, 3.8) is 0 Å². The molecular formula is C16H26N2O. The Bertz CT molecular complexity index is 355. The summed E-state index contributed by atoms with van der Waals surface area (Å²) in [5.74, 6) is 0.661. The summed E-state index contributed by atoms with van der Waals surface area (Å²) in [6, 6.07) is 10.6. The van der Waals surface area contributed by atoms with E-state index < -0.39 is 0 Å². The summed E-state index contributed by atoms with van der Waals surface area (Å²) >= 11 is 0. The zero-order valence-electron chi connectivity index (χ0n) is 11.8. The number of hydrogen-bond donors (Lipinski definition) is 2. The topological polar surface area (TPSA) is 47.3 Å². The monoisotopic (exact) mass is 262 g/mol. The van der Waals surface area contributed by atoms with Gasteiger partial charge in [0.15, 0.2) is 0 Å². The summed E-state index contributed by atoms with van der Waals surface area (Å²) in [6.45, 7) is 5.02. The van der Waals surface area contributed by atoms with Crippen LogP contribution in [0.2, 0.25) is 0 Å². The second-order valence-corrected chi connectivity index (χ2v) is 5.47. The summed E-state index contributed by atoms with van der Waals surface area (Å²) < 4.78 is 5.70. The standard InChI is InChI=1S/C16H26N2O/c1-2-16-14(8-9-19-16)11-18-12-15(17)10-13-6-4-3-5-7-13/h3-7,14-16,18H,2,8-12,17H2,1H3. The van der Waals surface area contributed by atoms with E-state index >= 15 is 0 Å². The van der Waals surface area contributed by atoms with Crippen LogP contribution < -0.4 is 11.1 Å². The molecule has 0 amide bonds. The molecule has 1 aromatic carbocycles. The van der Waals surface area contributed by atoms with Crippen LogP contribution >= 0.6 is 0 Å². The molecule has 2 rings (SSSR count). The third-order valence-corrected chi connectivity index (χ3v) is 3.90. The minimum atomic E-state index is 0.185. The highest BCUT2D eigenvalue weighted by Gasteiger charge is 2.26. The van der Waals surface area contributed by atoms with Gasteiger partial charge in [-0.25, -0.2) is 0 Å². The van der Waals surface area contributed by atoms with Crippen LogP contribution in [0, 0.1) is 5.92 Å². The first kappa shape index (κ1) is 14.5. The molecule has 1 aliphatic rings.